The zero-order chi connectivity index (χ0) is 31.1. The Hall–Kier alpha value is -5.00. The third-order valence-electron chi connectivity index (χ3n) is 6.14. The SMILES string of the molecule is CCOc1cc(C(Nc2ccc3c(N)nccc3c2)C(=O)NCc2cccc(OC(=O)C(F)(F)F)c2)ccc1OC(C)C. The molecule has 0 saturated heterocycles. The number of anilines is 2. The Kier molecular flexibility index (Phi) is 9.59. The van der Waals surface area contributed by atoms with Gasteiger partial charge in [0.05, 0.1) is 12.7 Å². The van der Waals surface area contributed by atoms with Gasteiger partial charge in [-0.15, -0.1) is 0 Å². The Morgan fingerprint density at radius 2 is 1.79 bits per heavy atom. The van der Waals surface area contributed by atoms with Crippen LogP contribution in [0.1, 0.15) is 37.9 Å². The molecule has 0 fully saturated rings. The second-order valence-electron chi connectivity index (χ2n) is 9.77. The summed E-state index contributed by atoms with van der Waals surface area (Å²) in [7, 11) is 0. The number of aromatic nitrogens is 1. The van der Waals surface area contributed by atoms with E-state index in [1.54, 1.807) is 48.7 Å². The molecule has 0 bridgehead atoms. The van der Waals surface area contributed by atoms with Crippen molar-refractivity contribution >= 4 is 34.2 Å². The monoisotopic (exact) mass is 596 g/mol. The molecule has 0 aliphatic rings. The molecule has 4 rings (SSSR count). The largest absolute Gasteiger partial charge is 0.491 e. The van der Waals surface area contributed by atoms with Gasteiger partial charge in [0.15, 0.2) is 11.5 Å². The molecule has 0 spiro atoms. The molecular formula is C31H31F3N4O5. The van der Waals surface area contributed by atoms with E-state index in [4.69, 9.17) is 15.2 Å². The van der Waals surface area contributed by atoms with Crippen molar-refractivity contribution < 1.29 is 37.0 Å². The first-order valence-electron chi connectivity index (χ1n) is 13.4. The summed E-state index contributed by atoms with van der Waals surface area (Å²) >= 11 is 0. The Balaban J connectivity index is 1.62. The maximum Gasteiger partial charge on any atom is 0.491 e. The van der Waals surface area contributed by atoms with E-state index in [-0.39, 0.29) is 18.4 Å². The molecule has 9 nitrogen and oxygen atoms in total. The van der Waals surface area contributed by atoms with Crippen molar-refractivity contribution in [1.29, 1.82) is 0 Å². The average molecular weight is 597 g/mol. The van der Waals surface area contributed by atoms with Crippen LogP contribution < -0.4 is 30.6 Å². The summed E-state index contributed by atoms with van der Waals surface area (Å²) < 4.78 is 53.9. The van der Waals surface area contributed by atoms with E-state index < -0.39 is 24.1 Å². The summed E-state index contributed by atoms with van der Waals surface area (Å²) in [4.78, 5) is 29.0. The van der Waals surface area contributed by atoms with E-state index in [9.17, 15) is 22.8 Å². The predicted molar refractivity (Wildman–Crippen MR) is 156 cm³/mol. The predicted octanol–water partition coefficient (Wildman–Crippen LogP) is 5.94. The van der Waals surface area contributed by atoms with Gasteiger partial charge in [-0.05, 0) is 85.8 Å². The Bertz CT molecular complexity index is 1610. The minimum absolute atomic E-state index is 0.0544. The molecule has 3 aromatic carbocycles. The van der Waals surface area contributed by atoms with Gasteiger partial charge in [-0.25, -0.2) is 9.78 Å². The van der Waals surface area contributed by atoms with Crippen molar-refractivity contribution in [2.24, 2.45) is 0 Å². The maximum atomic E-state index is 13.7. The van der Waals surface area contributed by atoms with Gasteiger partial charge in [0.1, 0.15) is 17.6 Å². The summed E-state index contributed by atoms with van der Waals surface area (Å²) in [5.41, 5.74) is 7.60. The van der Waals surface area contributed by atoms with Gasteiger partial charge in [-0.3, -0.25) is 4.79 Å². The number of nitrogens with one attached hydrogen (secondary N) is 2. The number of pyridine rings is 1. The normalized spacial score (nSPS) is 12.1. The lowest BCUT2D eigenvalue weighted by atomic mass is 10.0. The number of hydrogen-bond acceptors (Lipinski definition) is 8. The summed E-state index contributed by atoms with van der Waals surface area (Å²) in [5.74, 6) is -1.70. The van der Waals surface area contributed by atoms with E-state index in [1.165, 1.54) is 18.2 Å². The van der Waals surface area contributed by atoms with E-state index in [0.717, 1.165) is 10.8 Å². The highest BCUT2D eigenvalue weighted by Crippen LogP contribution is 2.33. The van der Waals surface area contributed by atoms with Gasteiger partial charge in [-0.2, -0.15) is 13.2 Å². The molecule has 1 unspecified atom stereocenters. The highest BCUT2D eigenvalue weighted by Gasteiger charge is 2.41. The number of nitrogens with two attached hydrogens (primary N) is 1. The van der Waals surface area contributed by atoms with Crippen LogP contribution >= 0.6 is 0 Å². The van der Waals surface area contributed by atoms with Gasteiger partial charge in [0.25, 0.3) is 0 Å². The number of esters is 1. The number of rotatable bonds is 11. The molecule has 1 aromatic heterocycles. The van der Waals surface area contributed by atoms with E-state index in [0.29, 0.717) is 40.7 Å². The second-order valence-corrected chi connectivity index (χ2v) is 9.77. The van der Waals surface area contributed by atoms with Crippen molar-refractivity contribution in [3.63, 3.8) is 0 Å². The molecule has 1 heterocycles. The zero-order valence-electron chi connectivity index (χ0n) is 23.7. The quantitative estimate of drug-likeness (QED) is 0.144. The fourth-order valence-electron chi connectivity index (χ4n) is 4.26. The smallest absolute Gasteiger partial charge is 0.490 e. The van der Waals surface area contributed by atoms with E-state index in [1.807, 2.05) is 26.8 Å². The molecule has 12 heteroatoms. The topological polar surface area (TPSA) is 125 Å². The molecule has 0 radical (unpaired) electrons. The van der Waals surface area contributed by atoms with Crippen molar-refractivity contribution in [2.75, 3.05) is 17.7 Å². The number of ether oxygens (including phenoxy) is 3. The lowest BCUT2D eigenvalue weighted by molar-refractivity contribution is -0.189. The van der Waals surface area contributed by atoms with Crippen LogP contribution in [0.5, 0.6) is 17.2 Å². The number of amides is 1. The third kappa shape index (κ3) is 8.06. The molecule has 0 saturated carbocycles. The number of halogens is 3. The van der Waals surface area contributed by atoms with Crippen LogP contribution in [-0.4, -0.2) is 35.7 Å². The van der Waals surface area contributed by atoms with Crippen molar-refractivity contribution in [3.05, 3.63) is 84.1 Å². The van der Waals surface area contributed by atoms with Gasteiger partial charge in [0.2, 0.25) is 5.91 Å². The van der Waals surface area contributed by atoms with E-state index in [2.05, 4.69) is 20.4 Å². The van der Waals surface area contributed by atoms with Crippen molar-refractivity contribution in [1.82, 2.24) is 10.3 Å². The standard InChI is InChI=1S/C31H31F3N4O5/c1-4-41-26-16-21(8-11-25(26)42-18(2)3)27(38-22-9-10-24-20(15-22)12-13-36-28(24)35)29(39)37-17-19-6-5-7-23(14-19)43-30(40)31(32,33)34/h5-16,18,27,38H,4,17H2,1-3H3,(H2,35,36)(H,37,39). The van der Waals surface area contributed by atoms with Crippen LogP contribution in [0.15, 0.2) is 72.9 Å². The minimum Gasteiger partial charge on any atom is -0.490 e. The number of nitrogens with zero attached hydrogens (tertiary/aromatic N) is 1. The molecular weight excluding hydrogens is 565 g/mol. The van der Waals surface area contributed by atoms with E-state index >= 15 is 0 Å². The van der Waals surface area contributed by atoms with Gasteiger partial charge < -0.3 is 30.6 Å². The van der Waals surface area contributed by atoms with Gasteiger partial charge in [0, 0.05) is 23.8 Å². The van der Waals surface area contributed by atoms with Crippen molar-refractivity contribution in [2.45, 2.75) is 45.6 Å². The van der Waals surface area contributed by atoms with Crippen LogP contribution in [0.2, 0.25) is 0 Å². The van der Waals surface area contributed by atoms with Crippen LogP contribution in [0.4, 0.5) is 24.7 Å². The molecule has 1 amide bonds. The average Bonchev–Trinajstić information content (AvgIpc) is 2.95. The lowest BCUT2D eigenvalue weighted by Crippen LogP contribution is -2.33. The number of benzene rings is 3. The highest BCUT2D eigenvalue weighted by molar-refractivity contribution is 5.94. The molecule has 0 aliphatic carbocycles. The molecule has 4 N–H and O–H groups in total. The number of carbonyl (C=O) groups excluding carboxylic acids is 2. The molecule has 43 heavy (non-hydrogen) atoms. The second kappa shape index (κ2) is 13.3. The minimum atomic E-state index is -5.13. The van der Waals surface area contributed by atoms with Crippen LogP contribution in [-0.2, 0) is 16.1 Å². The zero-order valence-corrected chi connectivity index (χ0v) is 23.7. The lowest BCUT2D eigenvalue weighted by Gasteiger charge is -2.22. The number of alkyl halides is 3. The van der Waals surface area contributed by atoms with Crippen LogP contribution in [0, 0.1) is 0 Å². The first-order valence-corrected chi connectivity index (χ1v) is 13.4. The Labute approximate surface area is 246 Å². The maximum absolute atomic E-state index is 13.7. The molecule has 4 aromatic rings. The Morgan fingerprint density at radius 3 is 2.51 bits per heavy atom. The van der Waals surface area contributed by atoms with Crippen LogP contribution in [0.3, 0.4) is 0 Å². The number of hydrogen-bond donors (Lipinski definition) is 3. The van der Waals surface area contributed by atoms with Gasteiger partial charge in [-0.1, -0.05) is 18.2 Å². The van der Waals surface area contributed by atoms with Gasteiger partial charge >= 0.3 is 12.1 Å². The van der Waals surface area contributed by atoms with Crippen molar-refractivity contribution in [3.8, 4) is 17.2 Å². The third-order valence-corrected chi connectivity index (χ3v) is 6.14. The Morgan fingerprint density at radius 1 is 1.00 bits per heavy atom. The fourth-order valence-corrected chi connectivity index (χ4v) is 4.26. The number of nitrogen functional groups attached to an aromatic ring is 1. The molecule has 226 valence electrons. The summed E-state index contributed by atoms with van der Waals surface area (Å²) in [6.07, 6.45) is -3.65. The summed E-state index contributed by atoms with van der Waals surface area (Å²) in [5, 5.41) is 7.65. The molecule has 1 atom stereocenters. The number of fused-ring (bicyclic) bond motifs is 1. The highest BCUT2D eigenvalue weighted by atomic mass is 19.4. The summed E-state index contributed by atoms with van der Waals surface area (Å²) in [6.45, 7) is 5.94. The summed E-state index contributed by atoms with van der Waals surface area (Å²) in [6, 6.07) is 17.0. The first kappa shape index (κ1) is 30.9. The number of carbonyl (C=O) groups is 2. The van der Waals surface area contributed by atoms with Crippen LogP contribution in [0.25, 0.3) is 10.8 Å². The fraction of sp³-hybridized carbons (Fsp3) is 0.258. The molecule has 0 aliphatic heterocycles. The first-order chi connectivity index (χ1) is 20.4.